The first-order valence-electron chi connectivity index (χ1n) is 6.00. The molecule has 0 aliphatic rings. The van der Waals surface area contributed by atoms with E-state index in [1.54, 1.807) is 0 Å². The second-order valence-corrected chi connectivity index (χ2v) is 3.77. The number of allylic oxidation sites excluding steroid dienone is 2. The van der Waals surface area contributed by atoms with Gasteiger partial charge >= 0.3 is 0 Å². The van der Waals surface area contributed by atoms with Gasteiger partial charge in [0.15, 0.2) is 0 Å². The van der Waals surface area contributed by atoms with Crippen LogP contribution in [0.3, 0.4) is 0 Å². The van der Waals surface area contributed by atoms with Crippen molar-refractivity contribution < 1.29 is 4.79 Å². The number of carbonyl (C=O) groups is 1. The lowest BCUT2D eigenvalue weighted by Gasteiger charge is -1.94. The van der Waals surface area contributed by atoms with Gasteiger partial charge < -0.3 is 4.79 Å². The molecule has 1 heteroatoms. The standard InChI is InChI=1S/C13H24O/c1-2-3-4-5-6-7-8-9-10-11-12-13-14/h7-8,13H,2-6,9-12H2,1H3/b8-7-. The molecule has 0 aliphatic heterocycles. The Morgan fingerprint density at radius 1 is 0.786 bits per heavy atom. The van der Waals surface area contributed by atoms with E-state index >= 15 is 0 Å². The average molecular weight is 196 g/mol. The maximum absolute atomic E-state index is 10.0. The molecule has 14 heavy (non-hydrogen) atoms. The van der Waals surface area contributed by atoms with Crippen molar-refractivity contribution in [2.75, 3.05) is 0 Å². The summed E-state index contributed by atoms with van der Waals surface area (Å²) in [5.41, 5.74) is 0. The van der Waals surface area contributed by atoms with Gasteiger partial charge in [-0.15, -0.1) is 0 Å². The topological polar surface area (TPSA) is 17.1 Å². The summed E-state index contributed by atoms with van der Waals surface area (Å²) in [7, 11) is 0. The zero-order chi connectivity index (χ0) is 10.5. The Bertz CT molecular complexity index is 138. The summed E-state index contributed by atoms with van der Waals surface area (Å²) >= 11 is 0. The van der Waals surface area contributed by atoms with Gasteiger partial charge in [-0.25, -0.2) is 0 Å². The van der Waals surface area contributed by atoms with Crippen molar-refractivity contribution in [3.05, 3.63) is 12.2 Å². The van der Waals surface area contributed by atoms with Gasteiger partial charge in [0.1, 0.15) is 6.29 Å². The second-order valence-electron chi connectivity index (χ2n) is 3.77. The molecule has 0 saturated heterocycles. The maximum atomic E-state index is 10.0. The molecule has 0 amide bonds. The van der Waals surface area contributed by atoms with Crippen LogP contribution < -0.4 is 0 Å². The maximum Gasteiger partial charge on any atom is 0.119 e. The van der Waals surface area contributed by atoms with Crippen molar-refractivity contribution in [2.45, 2.75) is 64.7 Å². The third-order valence-corrected chi connectivity index (χ3v) is 2.33. The highest BCUT2D eigenvalue weighted by atomic mass is 16.1. The summed E-state index contributed by atoms with van der Waals surface area (Å²) in [6.07, 6.45) is 16.2. The van der Waals surface area contributed by atoms with E-state index in [2.05, 4.69) is 19.1 Å². The Balaban J connectivity index is 2.99. The number of rotatable bonds is 10. The van der Waals surface area contributed by atoms with Gasteiger partial charge in [-0.3, -0.25) is 0 Å². The first kappa shape index (κ1) is 13.4. The van der Waals surface area contributed by atoms with Crippen LogP contribution in [0.25, 0.3) is 0 Å². The molecule has 0 heterocycles. The van der Waals surface area contributed by atoms with Crippen LogP contribution in [0.5, 0.6) is 0 Å². The Morgan fingerprint density at radius 2 is 1.36 bits per heavy atom. The number of aldehydes is 1. The van der Waals surface area contributed by atoms with Gasteiger partial charge in [0, 0.05) is 6.42 Å². The molecular weight excluding hydrogens is 172 g/mol. The Hall–Kier alpha value is -0.590. The molecule has 0 aliphatic carbocycles. The molecule has 0 saturated carbocycles. The monoisotopic (exact) mass is 196 g/mol. The zero-order valence-electron chi connectivity index (χ0n) is 9.50. The molecule has 0 rings (SSSR count). The summed E-state index contributed by atoms with van der Waals surface area (Å²) < 4.78 is 0. The summed E-state index contributed by atoms with van der Waals surface area (Å²) in [6, 6.07) is 0. The van der Waals surface area contributed by atoms with Crippen LogP contribution in [0.1, 0.15) is 64.7 Å². The van der Waals surface area contributed by atoms with Gasteiger partial charge in [0.25, 0.3) is 0 Å². The Morgan fingerprint density at radius 3 is 1.93 bits per heavy atom. The van der Waals surface area contributed by atoms with Gasteiger partial charge in [0.05, 0.1) is 0 Å². The predicted octanol–water partition coefficient (Wildman–Crippen LogP) is 4.27. The first-order valence-corrected chi connectivity index (χ1v) is 6.00. The predicted molar refractivity (Wildman–Crippen MR) is 62.4 cm³/mol. The lowest BCUT2D eigenvalue weighted by atomic mass is 10.1. The summed E-state index contributed by atoms with van der Waals surface area (Å²) in [4.78, 5) is 10.0. The molecule has 82 valence electrons. The lowest BCUT2D eigenvalue weighted by molar-refractivity contribution is -0.107. The second kappa shape index (κ2) is 12.4. The number of hydrogen-bond donors (Lipinski definition) is 0. The molecular formula is C13H24O. The van der Waals surface area contributed by atoms with Crippen LogP contribution in [0.2, 0.25) is 0 Å². The number of carbonyl (C=O) groups excluding carboxylic acids is 1. The third-order valence-electron chi connectivity index (χ3n) is 2.33. The smallest absolute Gasteiger partial charge is 0.119 e. The van der Waals surface area contributed by atoms with Crippen LogP contribution >= 0.6 is 0 Å². The number of hydrogen-bond acceptors (Lipinski definition) is 1. The van der Waals surface area contributed by atoms with Gasteiger partial charge in [-0.05, 0) is 32.1 Å². The fourth-order valence-corrected chi connectivity index (χ4v) is 1.41. The highest BCUT2D eigenvalue weighted by molar-refractivity contribution is 5.48. The molecule has 0 bridgehead atoms. The fraction of sp³-hybridized carbons (Fsp3) is 0.769. The van der Waals surface area contributed by atoms with Crippen LogP contribution in [0.4, 0.5) is 0 Å². The fourth-order valence-electron chi connectivity index (χ4n) is 1.41. The zero-order valence-corrected chi connectivity index (χ0v) is 9.50. The molecule has 0 aromatic heterocycles. The largest absolute Gasteiger partial charge is 0.303 e. The van der Waals surface area contributed by atoms with E-state index in [1.807, 2.05) is 0 Å². The van der Waals surface area contributed by atoms with Gasteiger partial charge in [0.2, 0.25) is 0 Å². The van der Waals surface area contributed by atoms with Crippen molar-refractivity contribution in [1.29, 1.82) is 0 Å². The van der Waals surface area contributed by atoms with E-state index in [0.29, 0.717) is 0 Å². The van der Waals surface area contributed by atoms with E-state index in [-0.39, 0.29) is 0 Å². The minimum atomic E-state index is 0.727. The van der Waals surface area contributed by atoms with Crippen molar-refractivity contribution >= 4 is 6.29 Å². The van der Waals surface area contributed by atoms with E-state index in [1.165, 1.54) is 32.1 Å². The highest BCUT2D eigenvalue weighted by Crippen LogP contribution is 2.04. The molecule has 1 nitrogen and oxygen atoms in total. The minimum absolute atomic E-state index is 0.727. The van der Waals surface area contributed by atoms with Gasteiger partial charge in [-0.2, -0.15) is 0 Å². The molecule has 0 atom stereocenters. The highest BCUT2D eigenvalue weighted by Gasteiger charge is 1.86. The van der Waals surface area contributed by atoms with Crippen molar-refractivity contribution in [3.63, 3.8) is 0 Å². The first-order chi connectivity index (χ1) is 6.91. The quantitative estimate of drug-likeness (QED) is 0.290. The minimum Gasteiger partial charge on any atom is -0.303 e. The summed E-state index contributed by atoms with van der Waals surface area (Å²) in [5.74, 6) is 0. The number of unbranched alkanes of at least 4 members (excludes halogenated alkanes) is 7. The third kappa shape index (κ3) is 11.4. The molecule has 0 spiro atoms. The Kier molecular flexibility index (Phi) is 11.9. The molecule has 0 aromatic rings. The molecule has 0 radical (unpaired) electrons. The molecule has 0 fully saturated rings. The van der Waals surface area contributed by atoms with Crippen LogP contribution in [-0.4, -0.2) is 6.29 Å². The van der Waals surface area contributed by atoms with E-state index in [4.69, 9.17) is 0 Å². The van der Waals surface area contributed by atoms with Gasteiger partial charge in [-0.1, -0.05) is 38.3 Å². The SMILES string of the molecule is CCCCCC/C=C\CCCCC=O. The summed E-state index contributed by atoms with van der Waals surface area (Å²) in [5, 5.41) is 0. The van der Waals surface area contributed by atoms with Crippen molar-refractivity contribution in [2.24, 2.45) is 0 Å². The summed E-state index contributed by atoms with van der Waals surface area (Å²) in [6.45, 7) is 2.24. The van der Waals surface area contributed by atoms with Crippen LogP contribution in [0.15, 0.2) is 12.2 Å². The van der Waals surface area contributed by atoms with Crippen LogP contribution in [0, 0.1) is 0 Å². The Labute approximate surface area is 88.6 Å². The van der Waals surface area contributed by atoms with E-state index < -0.39 is 0 Å². The normalized spacial score (nSPS) is 10.9. The van der Waals surface area contributed by atoms with E-state index in [9.17, 15) is 4.79 Å². The molecule has 0 unspecified atom stereocenters. The van der Waals surface area contributed by atoms with Crippen LogP contribution in [-0.2, 0) is 4.79 Å². The molecule has 0 N–H and O–H groups in total. The molecule has 0 aromatic carbocycles. The van der Waals surface area contributed by atoms with E-state index in [0.717, 1.165) is 32.0 Å². The van der Waals surface area contributed by atoms with Crippen molar-refractivity contribution in [3.8, 4) is 0 Å². The average Bonchev–Trinajstić information content (AvgIpc) is 2.21. The lowest BCUT2D eigenvalue weighted by Crippen LogP contribution is -1.77. The van der Waals surface area contributed by atoms with Crippen molar-refractivity contribution in [1.82, 2.24) is 0 Å².